The van der Waals surface area contributed by atoms with Crippen LogP contribution in [0.1, 0.15) is 11.1 Å². The standard InChI is InChI=1S/C25H19ClF3N5O/c26-20-10-6-17(7-11-20)15-30-23-14-22(19-4-2-1-3-5-19)32-24(33-23)34-31-16-18-8-12-21(13-9-18)35-25(27,28)29/h1-14H,15-16H2,(H,30,32,33). The SMILES string of the molecule is FC(F)(F)Oc1ccc(CN=Nc2nc(NCc3ccc(Cl)cc3)cc(-c3ccccc3)n2)cc1. The van der Waals surface area contributed by atoms with Crippen LogP contribution in [-0.4, -0.2) is 16.3 Å². The third-order valence-corrected chi connectivity index (χ3v) is 4.99. The van der Waals surface area contributed by atoms with Crippen molar-refractivity contribution < 1.29 is 17.9 Å². The first-order valence-corrected chi connectivity index (χ1v) is 10.9. The smallest absolute Gasteiger partial charge is 0.406 e. The van der Waals surface area contributed by atoms with Gasteiger partial charge in [0.25, 0.3) is 5.95 Å². The Morgan fingerprint density at radius 1 is 0.857 bits per heavy atom. The predicted octanol–water partition coefficient (Wildman–Crippen LogP) is 7.59. The minimum atomic E-state index is -4.73. The lowest BCUT2D eigenvalue weighted by atomic mass is 10.1. The largest absolute Gasteiger partial charge is 0.573 e. The summed E-state index contributed by atoms with van der Waals surface area (Å²) in [5.74, 6) is 0.423. The van der Waals surface area contributed by atoms with E-state index in [2.05, 4.69) is 30.3 Å². The van der Waals surface area contributed by atoms with Gasteiger partial charge in [-0.3, -0.25) is 0 Å². The lowest BCUT2D eigenvalue weighted by Crippen LogP contribution is -2.16. The Hall–Kier alpha value is -3.98. The van der Waals surface area contributed by atoms with E-state index in [1.807, 2.05) is 60.7 Å². The summed E-state index contributed by atoms with van der Waals surface area (Å²) in [6, 6.07) is 24.3. The fraction of sp³-hybridized carbons (Fsp3) is 0.120. The van der Waals surface area contributed by atoms with Crippen molar-refractivity contribution in [2.45, 2.75) is 19.5 Å². The summed E-state index contributed by atoms with van der Waals surface area (Å²) in [5.41, 5.74) is 3.24. The van der Waals surface area contributed by atoms with Gasteiger partial charge in [0.05, 0.1) is 12.2 Å². The summed E-state index contributed by atoms with van der Waals surface area (Å²) < 4.78 is 40.8. The summed E-state index contributed by atoms with van der Waals surface area (Å²) in [4.78, 5) is 8.91. The Kier molecular flexibility index (Phi) is 7.57. The van der Waals surface area contributed by atoms with Crippen molar-refractivity contribution >= 4 is 23.4 Å². The molecule has 35 heavy (non-hydrogen) atoms. The second-order valence-electron chi connectivity index (χ2n) is 7.38. The fourth-order valence-electron chi connectivity index (χ4n) is 3.10. The van der Waals surface area contributed by atoms with E-state index in [4.69, 9.17) is 11.6 Å². The van der Waals surface area contributed by atoms with Gasteiger partial charge in [0.15, 0.2) is 0 Å². The molecule has 3 aromatic carbocycles. The Morgan fingerprint density at radius 2 is 1.54 bits per heavy atom. The number of rotatable bonds is 8. The van der Waals surface area contributed by atoms with Gasteiger partial charge in [0, 0.05) is 23.2 Å². The van der Waals surface area contributed by atoms with E-state index < -0.39 is 6.36 Å². The fourth-order valence-corrected chi connectivity index (χ4v) is 3.22. The first-order valence-electron chi connectivity index (χ1n) is 10.5. The topological polar surface area (TPSA) is 71.8 Å². The molecule has 178 valence electrons. The van der Waals surface area contributed by atoms with Gasteiger partial charge in [-0.05, 0) is 35.4 Å². The molecule has 0 saturated carbocycles. The van der Waals surface area contributed by atoms with Crippen LogP contribution in [0.15, 0.2) is 95.2 Å². The molecule has 1 aromatic heterocycles. The number of ether oxygens (including phenoxy) is 1. The zero-order valence-corrected chi connectivity index (χ0v) is 19.0. The van der Waals surface area contributed by atoms with Gasteiger partial charge in [-0.25, -0.2) is 4.98 Å². The molecule has 0 fully saturated rings. The summed E-state index contributed by atoms with van der Waals surface area (Å²) in [5, 5.41) is 12.2. The molecule has 6 nitrogen and oxygen atoms in total. The quantitative estimate of drug-likeness (QED) is 0.254. The molecule has 0 aliphatic rings. The lowest BCUT2D eigenvalue weighted by molar-refractivity contribution is -0.274. The third-order valence-electron chi connectivity index (χ3n) is 4.74. The lowest BCUT2D eigenvalue weighted by Gasteiger charge is -2.09. The van der Waals surface area contributed by atoms with Crippen molar-refractivity contribution in [3.05, 3.63) is 101 Å². The van der Waals surface area contributed by atoms with E-state index in [1.54, 1.807) is 0 Å². The number of aromatic nitrogens is 2. The number of nitrogens with zero attached hydrogens (tertiary/aromatic N) is 4. The number of nitrogens with one attached hydrogen (secondary N) is 1. The van der Waals surface area contributed by atoms with Crippen LogP contribution in [0.2, 0.25) is 5.02 Å². The van der Waals surface area contributed by atoms with Crippen molar-refractivity contribution in [3.8, 4) is 17.0 Å². The first-order chi connectivity index (χ1) is 16.8. The van der Waals surface area contributed by atoms with Crippen molar-refractivity contribution in [2.75, 3.05) is 5.32 Å². The van der Waals surface area contributed by atoms with E-state index in [1.165, 1.54) is 24.3 Å². The average Bonchev–Trinajstić information content (AvgIpc) is 2.84. The molecule has 0 saturated heterocycles. The molecular formula is C25H19ClF3N5O. The molecule has 0 aliphatic carbocycles. The molecule has 4 aromatic rings. The maximum absolute atomic E-state index is 12.3. The van der Waals surface area contributed by atoms with Crippen molar-refractivity contribution in [1.29, 1.82) is 0 Å². The monoisotopic (exact) mass is 497 g/mol. The molecule has 1 heterocycles. The molecule has 0 bridgehead atoms. The summed E-state index contributed by atoms with van der Waals surface area (Å²) in [6.45, 7) is 0.657. The zero-order valence-electron chi connectivity index (χ0n) is 18.2. The zero-order chi connectivity index (χ0) is 24.7. The van der Waals surface area contributed by atoms with Gasteiger partial charge in [-0.1, -0.05) is 66.2 Å². The van der Waals surface area contributed by atoms with Crippen LogP contribution in [0.3, 0.4) is 0 Å². The molecule has 4 rings (SSSR count). The van der Waals surface area contributed by atoms with Crippen LogP contribution in [0.4, 0.5) is 24.9 Å². The summed E-state index contributed by atoms with van der Waals surface area (Å²) in [6.07, 6.45) is -4.73. The van der Waals surface area contributed by atoms with E-state index in [0.29, 0.717) is 28.6 Å². The van der Waals surface area contributed by atoms with Crippen LogP contribution in [0, 0.1) is 0 Å². The minimum Gasteiger partial charge on any atom is -0.406 e. The second kappa shape index (κ2) is 11.0. The van der Waals surface area contributed by atoms with E-state index in [-0.39, 0.29) is 18.2 Å². The Balaban J connectivity index is 1.50. The van der Waals surface area contributed by atoms with Crippen LogP contribution in [-0.2, 0) is 13.1 Å². The van der Waals surface area contributed by atoms with Crippen LogP contribution >= 0.6 is 11.6 Å². The van der Waals surface area contributed by atoms with Crippen molar-refractivity contribution in [1.82, 2.24) is 9.97 Å². The van der Waals surface area contributed by atoms with Gasteiger partial charge >= 0.3 is 6.36 Å². The number of benzene rings is 3. The van der Waals surface area contributed by atoms with Gasteiger partial charge in [-0.15, -0.1) is 18.3 Å². The molecule has 0 radical (unpaired) electrons. The molecule has 0 atom stereocenters. The highest BCUT2D eigenvalue weighted by Gasteiger charge is 2.30. The Labute approximate surface area is 204 Å². The van der Waals surface area contributed by atoms with Crippen LogP contribution in [0.25, 0.3) is 11.3 Å². The summed E-state index contributed by atoms with van der Waals surface area (Å²) in [7, 11) is 0. The predicted molar refractivity (Wildman–Crippen MR) is 128 cm³/mol. The Morgan fingerprint density at radius 3 is 2.23 bits per heavy atom. The number of hydrogen-bond acceptors (Lipinski definition) is 6. The van der Waals surface area contributed by atoms with E-state index in [0.717, 1.165) is 11.1 Å². The number of hydrogen-bond donors (Lipinski definition) is 1. The second-order valence-corrected chi connectivity index (χ2v) is 7.81. The van der Waals surface area contributed by atoms with E-state index in [9.17, 15) is 13.2 Å². The van der Waals surface area contributed by atoms with Gasteiger partial charge in [-0.2, -0.15) is 10.1 Å². The highest BCUT2D eigenvalue weighted by molar-refractivity contribution is 6.30. The number of halogens is 4. The third kappa shape index (κ3) is 7.51. The van der Waals surface area contributed by atoms with E-state index >= 15 is 0 Å². The number of alkyl halides is 3. The highest BCUT2D eigenvalue weighted by atomic mass is 35.5. The minimum absolute atomic E-state index is 0.138. The number of azo groups is 1. The van der Waals surface area contributed by atoms with Gasteiger partial charge in [0.2, 0.25) is 0 Å². The van der Waals surface area contributed by atoms with Crippen molar-refractivity contribution in [2.24, 2.45) is 10.2 Å². The molecule has 0 aliphatic heterocycles. The van der Waals surface area contributed by atoms with Crippen molar-refractivity contribution in [3.63, 3.8) is 0 Å². The molecule has 1 N–H and O–H groups in total. The molecular weight excluding hydrogens is 479 g/mol. The average molecular weight is 498 g/mol. The molecule has 0 unspecified atom stereocenters. The van der Waals surface area contributed by atoms with Crippen LogP contribution < -0.4 is 10.1 Å². The summed E-state index contributed by atoms with van der Waals surface area (Å²) >= 11 is 5.95. The normalized spacial score (nSPS) is 11.5. The number of anilines is 1. The first kappa shape index (κ1) is 24.2. The Bertz CT molecular complexity index is 1280. The van der Waals surface area contributed by atoms with Gasteiger partial charge in [0.1, 0.15) is 11.6 Å². The maximum atomic E-state index is 12.3. The maximum Gasteiger partial charge on any atom is 0.573 e. The highest BCUT2D eigenvalue weighted by Crippen LogP contribution is 2.25. The van der Waals surface area contributed by atoms with Gasteiger partial charge < -0.3 is 10.1 Å². The van der Waals surface area contributed by atoms with Crippen LogP contribution in [0.5, 0.6) is 5.75 Å². The molecule has 10 heteroatoms. The molecule has 0 amide bonds. The molecule has 0 spiro atoms.